The van der Waals surface area contributed by atoms with Crippen molar-refractivity contribution in [3.8, 4) is 17.6 Å². The van der Waals surface area contributed by atoms with Crippen molar-refractivity contribution < 1.29 is 4.74 Å². The van der Waals surface area contributed by atoms with Gasteiger partial charge in [0.15, 0.2) is 0 Å². The first-order valence-electron chi connectivity index (χ1n) is 5.67. The Morgan fingerprint density at radius 1 is 1.00 bits per heavy atom. The lowest BCUT2D eigenvalue weighted by atomic mass is 10.1. The first kappa shape index (κ1) is 11.9. The molecule has 0 atom stereocenters. The summed E-state index contributed by atoms with van der Waals surface area (Å²) >= 11 is 0. The number of benzene rings is 2. The van der Waals surface area contributed by atoms with E-state index >= 15 is 0 Å². The number of ether oxygens (including phenoxy) is 1. The van der Waals surface area contributed by atoms with Crippen LogP contribution >= 0.6 is 0 Å². The van der Waals surface area contributed by atoms with Crippen LogP contribution in [0.1, 0.15) is 5.56 Å². The molecule has 0 unspecified atom stereocenters. The number of para-hydroxylation sites is 1. The zero-order valence-electron chi connectivity index (χ0n) is 9.97. The molecule has 0 aliphatic rings. The molecule has 2 rings (SSSR count). The minimum absolute atomic E-state index is 0.562. The quantitative estimate of drug-likeness (QED) is 0.747. The van der Waals surface area contributed by atoms with Gasteiger partial charge in [-0.1, -0.05) is 36.9 Å². The van der Waals surface area contributed by atoms with Crippen LogP contribution in [0.25, 0.3) is 0 Å². The average Bonchev–Trinajstić information content (AvgIpc) is 2.42. The molecule has 2 nitrogen and oxygen atoms in total. The smallest absolute Gasteiger partial charge is 0.127 e. The maximum atomic E-state index is 8.67. The van der Waals surface area contributed by atoms with Gasteiger partial charge in [0.05, 0.1) is 6.07 Å². The van der Waals surface area contributed by atoms with E-state index in [1.165, 1.54) is 0 Å². The van der Waals surface area contributed by atoms with Gasteiger partial charge >= 0.3 is 0 Å². The summed E-state index contributed by atoms with van der Waals surface area (Å²) in [5.41, 5.74) is 1.62. The summed E-state index contributed by atoms with van der Waals surface area (Å²) in [4.78, 5) is 0. The molecule has 0 bridgehead atoms. The molecule has 0 N–H and O–H groups in total. The molecular weight excluding hydrogens is 222 g/mol. The Hall–Kier alpha value is -2.53. The van der Waals surface area contributed by atoms with E-state index in [2.05, 4.69) is 6.58 Å². The number of nitrogens with zero attached hydrogens (tertiary/aromatic N) is 1. The van der Waals surface area contributed by atoms with Gasteiger partial charge in [-0.05, 0) is 29.8 Å². The van der Waals surface area contributed by atoms with Gasteiger partial charge in [0.25, 0.3) is 0 Å². The van der Waals surface area contributed by atoms with Gasteiger partial charge in [-0.2, -0.15) is 5.26 Å². The lowest BCUT2D eigenvalue weighted by Gasteiger charge is -2.06. The van der Waals surface area contributed by atoms with Crippen molar-refractivity contribution in [2.75, 3.05) is 0 Å². The average molecular weight is 235 g/mol. The minimum atomic E-state index is 0.562. The Kier molecular flexibility index (Phi) is 3.78. The summed E-state index contributed by atoms with van der Waals surface area (Å²) in [6.07, 6.45) is 0.585. The second-order valence-electron chi connectivity index (χ2n) is 3.95. The number of allylic oxidation sites excluding steroid dienone is 1. The fourth-order valence-corrected chi connectivity index (χ4v) is 1.59. The van der Waals surface area contributed by atoms with Gasteiger partial charge in [-0.25, -0.2) is 0 Å². The number of nitriles is 1. The molecule has 0 radical (unpaired) electrons. The van der Waals surface area contributed by atoms with Gasteiger partial charge in [0.1, 0.15) is 11.5 Å². The second kappa shape index (κ2) is 5.70. The van der Waals surface area contributed by atoms with Crippen LogP contribution in [0.3, 0.4) is 0 Å². The van der Waals surface area contributed by atoms with E-state index < -0.39 is 0 Å². The molecular formula is C16H13NO. The van der Waals surface area contributed by atoms with Crippen molar-refractivity contribution in [1.29, 1.82) is 5.26 Å². The molecule has 0 amide bonds. The molecule has 2 heteroatoms. The molecule has 0 saturated carbocycles. The van der Waals surface area contributed by atoms with Crippen LogP contribution in [0.4, 0.5) is 0 Å². The van der Waals surface area contributed by atoms with E-state index in [-0.39, 0.29) is 0 Å². The topological polar surface area (TPSA) is 33.0 Å². The molecule has 2 aromatic carbocycles. The van der Waals surface area contributed by atoms with E-state index in [0.717, 1.165) is 17.1 Å². The van der Waals surface area contributed by atoms with E-state index in [0.29, 0.717) is 12.0 Å². The molecule has 2 aromatic rings. The number of hydrogen-bond acceptors (Lipinski definition) is 2. The van der Waals surface area contributed by atoms with Gasteiger partial charge in [0, 0.05) is 12.0 Å². The van der Waals surface area contributed by atoms with Crippen molar-refractivity contribution >= 4 is 0 Å². The Balaban J connectivity index is 2.04. The molecule has 0 aliphatic heterocycles. The molecule has 0 saturated heterocycles. The van der Waals surface area contributed by atoms with Crippen molar-refractivity contribution in [3.63, 3.8) is 0 Å². The van der Waals surface area contributed by atoms with Crippen LogP contribution in [0.5, 0.6) is 11.5 Å². The standard InChI is InChI=1S/C16H13NO/c1-13(12-17)11-14-7-9-16(10-8-14)18-15-5-3-2-4-6-15/h2-10H,1,11H2. The highest BCUT2D eigenvalue weighted by atomic mass is 16.5. The van der Waals surface area contributed by atoms with Gasteiger partial charge in [-0.3, -0.25) is 0 Å². The Labute approximate surface area is 107 Å². The molecule has 0 spiro atoms. The number of rotatable bonds is 4. The molecule has 0 heterocycles. The SMILES string of the molecule is C=C(C#N)Cc1ccc(Oc2ccccc2)cc1. The van der Waals surface area contributed by atoms with Gasteiger partial charge < -0.3 is 4.74 Å². The fraction of sp³-hybridized carbons (Fsp3) is 0.0625. The largest absolute Gasteiger partial charge is 0.457 e. The highest BCUT2D eigenvalue weighted by Crippen LogP contribution is 2.21. The first-order valence-corrected chi connectivity index (χ1v) is 5.67. The van der Waals surface area contributed by atoms with E-state index in [1.807, 2.05) is 60.7 Å². The Morgan fingerprint density at radius 2 is 1.61 bits per heavy atom. The summed E-state index contributed by atoms with van der Waals surface area (Å²) in [6, 6.07) is 19.4. The van der Waals surface area contributed by atoms with Crippen molar-refractivity contribution in [2.24, 2.45) is 0 Å². The zero-order chi connectivity index (χ0) is 12.8. The van der Waals surface area contributed by atoms with E-state index in [1.54, 1.807) is 0 Å². The number of hydrogen-bond donors (Lipinski definition) is 0. The predicted octanol–water partition coefficient (Wildman–Crippen LogP) is 4.10. The van der Waals surface area contributed by atoms with Crippen molar-refractivity contribution in [3.05, 3.63) is 72.3 Å². The maximum Gasteiger partial charge on any atom is 0.127 e. The highest BCUT2D eigenvalue weighted by Gasteiger charge is 1.99. The molecule has 88 valence electrons. The third-order valence-electron chi connectivity index (χ3n) is 2.48. The normalized spacial score (nSPS) is 9.50. The van der Waals surface area contributed by atoms with Crippen LogP contribution in [0.15, 0.2) is 66.7 Å². The van der Waals surface area contributed by atoms with Crippen LogP contribution in [-0.4, -0.2) is 0 Å². The lowest BCUT2D eigenvalue weighted by Crippen LogP contribution is -1.88. The van der Waals surface area contributed by atoms with Crippen LogP contribution in [0, 0.1) is 11.3 Å². The van der Waals surface area contributed by atoms with Crippen molar-refractivity contribution in [1.82, 2.24) is 0 Å². The van der Waals surface area contributed by atoms with Crippen molar-refractivity contribution in [2.45, 2.75) is 6.42 Å². The van der Waals surface area contributed by atoms with Gasteiger partial charge in [0.2, 0.25) is 0 Å². The molecule has 0 fully saturated rings. The van der Waals surface area contributed by atoms with Gasteiger partial charge in [-0.15, -0.1) is 0 Å². The molecule has 18 heavy (non-hydrogen) atoms. The fourth-order valence-electron chi connectivity index (χ4n) is 1.59. The minimum Gasteiger partial charge on any atom is -0.457 e. The predicted molar refractivity (Wildman–Crippen MR) is 71.4 cm³/mol. The highest BCUT2D eigenvalue weighted by molar-refractivity contribution is 5.35. The monoisotopic (exact) mass is 235 g/mol. The Morgan fingerprint density at radius 3 is 2.22 bits per heavy atom. The van der Waals surface area contributed by atoms with Crippen LogP contribution in [0.2, 0.25) is 0 Å². The first-order chi connectivity index (χ1) is 8.78. The zero-order valence-corrected chi connectivity index (χ0v) is 9.97. The summed E-state index contributed by atoms with van der Waals surface area (Å²) in [5, 5.41) is 8.67. The Bertz CT molecular complexity index is 564. The maximum absolute atomic E-state index is 8.67. The third kappa shape index (κ3) is 3.23. The van der Waals surface area contributed by atoms with Crippen LogP contribution < -0.4 is 4.74 Å². The van der Waals surface area contributed by atoms with E-state index in [4.69, 9.17) is 10.00 Å². The molecule has 0 aliphatic carbocycles. The van der Waals surface area contributed by atoms with E-state index in [9.17, 15) is 0 Å². The van der Waals surface area contributed by atoms with Crippen LogP contribution in [-0.2, 0) is 6.42 Å². The summed E-state index contributed by atoms with van der Waals surface area (Å²) < 4.78 is 5.68. The summed E-state index contributed by atoms with van der Waals surface area (Å²) in [5.74, 6) is 1.60. The molecule has 0 aromatic heterocycles. The summed E-state index contributed by atoms with van der Waals surface area (Å²) in [6.45, 7) is 3.67. The third-order valence-corrected chi connectivity index (χ3v) is 2.48. The second-order valence-corrected chi connectivity index (χ2v) is 3.95. The lowest BCUT2D eigenvalue weighted by molar-refractivity contribution is 0.482. The summed E-state index contributed by atoms with van der Waals surface area (Å²) in [7, 11) is 0.